The van der Waals surface area contributed by atoms with E-state index in [1.54, 1.807) is 12.1 Å². The van der Waals surface area contributed by atoms with E-state index < -0.39 is 4.77 Å². The summed E-state index contributed by atoms with van der Waals surface area (Å²) in [7, 11) is 0. The molecule has 1 rings (SSSR count). The van der Waals surface area contributed by atoms with Gasteiger partial charge in [-0.1, -0.05) is 23.2 Å². The molecule has 0 aliphatic heterocycles. The molecule has 0 aliphatic rings. The van der Waals surface area contributed by atoms with E-state index in [1.807, 2.05) is 0 Å². The monoisotopic (exact) mass is 366 g/mol. The van der Waals surface area contributed by atoms with Crippen molar-refractivity contribution in [2.45, 2.75) is 0 Å². The average molecular weight is 369 g/mol. The van der Waals surface area contributed by atoms with Gasteiger partial charge in [-0.3, -0.25) is 4.57 Å². The van der Waals surface area contributed by atoms with Gasteiger partial charge in [0.15, 0.2) is 0 Å². The first-order chi connectivity index (χ1) is 5.88. The summed E-state index contributed by atoms with van der Waals surface area (Å²) < 4.78 is 13.2. The van der Waals surface area contributed by atoms with E-state index in [9.17, 15) is 4.57 Å². The highest BCUT2D eigenvalue weighted by atomic mass is 79.9. The zero-order chi connectivity index (χ0) is 10.1. The Bertz CT molecular complexity index is 366. The van der Waals surface area contributed by atoms with Crippen molar-refractivity contribution in [2.24, 2.45) is 0 Å². The van der Waals surface area contributed by atoms with E-state index >= 15 is 0 Å². The topological polar surface area (TPSA) is 26.3 Å². The van der Waals surface area contributed by atoms with Gasteiger partial charge in [0.25, 0.3) is 0 Å². The number of benzene rings is 1. The second kappa shape index (κ2) is 4.54. The van der Waals surface area contributed by atoms with Crippen molar-refractivity contribution in [2.75, 3.05) is 0 Å². The maximum atomic E-state index is 11.1. The van der Waals surface area contributed by atoms with Gasteiger partial charge in [-0.15, -0.1) is 0 Å². The molecule has 0 unspecified atom stereocenters. The molecule has 0 heterocycles. The molecular weight excluding hydrogens is 366 g/mol. The van der Waals surface area contributed by atoms with Crippen molar-refractivity contribution in [3.8, 4) is 5.75 Å². The van der Waals surface area contributed by atoms with Crippen molar-refractivity contribution < 1.29 is 9.09 Å². The van der Waals surface area contributed by atoms with Crippen LogP contribution in [0.5, 0.6) is 5.75 Å². The maximum absolute atomic E-state index is 11.1. The molecule has 0 radical (unpaired) electrons. The summed E-state index contributed by atoms with van der Waals surface area (Å²) in [6.07, 6.45) is 0. The lowest BCUT2D eigenvalue weighted by Gasteiger charge is -2.08. The fraction of sp³-hybridized carbons (Fsp3) is 0. The quantitative estimate of drug-likeness (QED) is 0.665. The maximum Gasteiger partial charge on any atom is 0.374 e. The predicted octanol–water partition coefficient (Wildman–Crippen LogP) is 5.27. The molecule has 2 nitrogen and oxygen atoms in total. The molecule has 0 saturated carbocycles. The highest BCUT2D eigenvalue weighted by Crippen LogP contribution is 2.62. The highest BCUT2D eigenvalue weighted by Gasteiger charge is 2.16. The molecule has 0 saturated heterocycles. The van der Waals surface area contributed by atoms with E-state index in [0.29, 0.717) is 15.8 Å². The number of hydrogen-bond acceptors (Lipinski definition) is 2. The molecule has 0 fully saturated rings. The van der Waals surface area contributed by atoms with Crippen LogP contribution in [-0.4, -0.2) is 0 Å². The van der Waals surface area contributed by atoms with Gasteiger partial charge in [-0.2, -0.15) is 0 Å². The normalized spacial score (nSPS) is 11.4. The zero-order valence-corrected chi connectivity index (χ0v) is 11.6. The van der Waals surface area contributed by atoms with Crippen molar-refractivity contribution in [1.82, 2.24) is 0 Å². The molecule has 0 N–H and O–H groups in total. The van der Waals surface area contributed by atoms with Gasteiger partial charge in [0.1, 0.15) is 5.75 Å². The molecule has 0 atom stereocenters. The average Bonchev–Trinajstić information content (AvgIpc) is 1.93. The van der Waals surface area contributed by atoms with Gasteiger partial charge in [0.05, 0.1) is 5.02 Å². The highest BCUT2D eigenvalue weighted by molar-refractivity contribution is 9.70. The van der Waals surface area contributed by atoms with Crippen LogP contribution < -0.4 is 4.52 Å². The third kappa shape index (κ3) is 4.22. The lowest BCUT2D eigenvalue weighted by molar-refractivity contribution is 0.518. The smallest absolute Gasteiger partial charge is 0.374 e. The van der Waals surface area contributed by atoms with E-state index in [0.717, 1.165) is 0 Å². The Kier molecular flexibility index (Phi) is 4.14. The zero-order valence-electron chi connectivity index (χ0n) is 6.01. The minimum atomic E-state index is -2.93. The first-order valence-electron chi connectivity index (χ1n) is 3.02. The number of hydrogen-bond donors (Lipinski definition) is 0. The van der Waals surface area contributed by atoms with Crippen LogP contribution in [0.3, 0.4) is 0 Å². The van der Waals surface area contributed by atoms with Crippen molar-refractivity contribution in [3.05, 3.63) is 28.2 Å². The van der Waals surface area contributed by atoms with Crippen LogP contribution in [0, 0.1) is 0 Å². The van der Waals surface area contributed by atoms with E-state index in [4.69, 9.17) is 27.7 Å². The van der Waals surface area contributed by atoms with Gasteiger partial charge >= 0.3 is 4.77 Å². The summed E-state index contributed by atoms with van der Waals surface area (Å²) in [4.78, 5) is 0. The standard InChI is InChI=1S/C6H3Br2Cl2O2P/c7-13(8,11)12-6-2-1-4(9)3-5(6)10/h1-3H. The Morgan fingerprint density at radius 1 is 1.31 bits per heavy atom. The molecule has 0 bridgehead atoms. The lowest BCUT2D eigenvalue weighted by Crippen LogP contribution is -1.81. The first kappa shape index (κ1) is 11.9. The molecule has 0 spiro atoms. The molecule has 1 aromatic carbocycles. The molecule has 1 aromatic rings. The molecule has 0 aliphatic carbocycles. The minimum Gasteiger partial charge on any atom is -0.427 e. The van der Waals surface area contributed by atoms with Crippen LogP contribution in [0.25, 0.3) is 0 Å². The first-order valence-corrected chi connectivity index (χ1v) is 9.44. The summed E-state index contributed by atoms with van der Waals surface area (Å²) >= 11 is 17.1. The lowest BCUT2D eigenvalue weighted by atomic mass is 10.3. The number of halogens is 4. The molecule has 13 heavy (non-hydrogen) atoms. The summed E-state index contributed by atoms with van der Waals surface area (Å²) in [6.45, 7) is 0. The molecule has 72 valence electrons. The molecule has 7 heteroatoms. The van der Waals surface area contributed by atoms with Crippen LogP contribution in [0.2, 0.25) is 10.0 Å². The van der Waals surface area contributed by atoms with Gasteiger partial charge in [-0.25, -0.2) is 0 Å². The Morgan fingerprint density at radius 3 is 2.38 bits per heavy atom. The Balaban J connectivity index is 2.97. The minimum absolute atomic E-state index is 0.308. The Labute approximate surface area is 101 Å². The Hall–Kier alpha value is 0.790. The van der Waals surface area contributed by atoms with Crippen LogP contribution >= 0.6 is 59.0 Å². The van der Waals surface area contributed by atoms with Gasteiger partial charge < -0.3 is 4.52 Å². The SMILES string of the molecule is O=P(Br)(Br)Oc1ccc(Cl)cc1Cl. The third-order valence-electron chi connectivity index (χ3n) is 1.10. The van der Waals surface area contributed by atoms with Crippen LogP contribution in [-0.2, 0) is 4.57 Å². The fourth-order valence-corrected chi connectivity index (χ4v) is 2.49. The van der Waals surface area contributed by atoms with Crippen LogP contribution in [0.1, 0.15) is 0 Å². The van der Waals surface area contributed by atoms with Gasteiger partial charge in [0, 0.05) is 36.0 Å². The second-order valence-corrected chi connectivity index (χ2v) is 12.4. The van der Waals surface area contributed by atoms with E-state index in [-0.39, 0.29) is 0 Å². The van der Waals surface area contributed by atoms with Crippen molar-refractivity contribution in [3.63, 3.8) is 0 Å². The fourth-order valence-electron chi connectivity index (χ4n) is 0.664. The van der Waals surface area contributed by atoms with E-state index in [2.05, 4.69) is 31.0 Å². The van der Waals surface area contributed by atoms with Gasteiger partial charge in [-0.05, 0) is 18.2 Å². The van der Waals surface area contributed by atoms with Crippen molar-refractivity contribution in [1.29, 1.82) is 0 Å². The summed E-state index contributed by atoms with van der Waals surface area (Å²) in [5, 5.41) is 0.808. The summed E-state index contributed by atoms with van der Waals surface area (Å²) in [5.74, 6) is 0.308. The predicted molar refractivity (Wildman–Crippen MR) is 62.6 cm³/mol. The summed E-state index contributed by atoms with van der Waals surface area (Å²) in [6, 6.07) is 4.65. The Morgan fingerprint density at radius 2 is 1.92 bits per heavy atom. The van der Waals surface area contributed by atoms with E-state index in [1.165, 1.54) is 6.07 Å². The van der Waals surface area contributed by atoms with Crippen molar-refractivity contribution >= 4 is 59.0 Å². The molecule has 0 aromatic heterocycles. The van der Waals surface area contributed by atoms with Crippen LogP contribution in [0.15, 0.2) is 18.2 Å². The largest absolute Gasteiger partial charge is 0.427 e. The van der Waals surface area contributed by atoms with Crippen LogP contribution in [0.4, 0.5) is 0 Å². The summed E-state index contributed by atoms with van der Waals surface area (Å²) in [5.41, 5.74) is 0. The molecular formula is C6H3Br2Cl2O2P. The number of rotatable bonds is 2. The molecule has 0 amide bonds. The second-order valence-electron chi connectivity index (χ2n) is 2.08. The third-order valence-corrected chi connectivity index (χ3v) is 2.91. The van der Waals surface area contributed by atoms with Gasteiger partial charge in [0.2, 0.25) is 0 Å².